The number of nitro groups is 1. The minimum absolute atomic E-state index is 0.156. The molecule has 0 atom stereocenters. The third-order valence-corrected chi connectivity index (χ3v) is 4.84. The van der Waals surface area contributed by atoms with Gasteiger partial charge < -0.3 is 4.90 Å². The summed E-state index contributed by atoms with van der Waals surface area (Å²) in [6.07, 6.45) is 5.16. The van der Waals surface area contributed by atoms with Gasteiger partial charge >= 0.3 is 0 Å². The molecule has 0 spiro atoms. The van der Waals surface area contributed by atoms with Crippen molar-refractivity contribution < 1.29 is 4.92 Å². The van der Waals surface area contributed by atoms with Gasteiger partial charge in [0.15, 0.2) is 0 Å². The number of fused-ring (bicyclic) bond motifs is 1. The van der Waals surface area contributed by atoms with Crippen molar-refractivity contribution in [3.05, 3.63) is 34.4 Å². The van der Waals surface area contributed by atoms with Gasteiger partial charge in [0.1, 0.15) is 0 Å². The van der Waals surface area contributed by atoms with Crippen LogP contribution < -0.4 is 4.90 Å². The first kappa shape index (κ1) is 13.4. The summed E-state index contributed by atoms with van der Waals surface area (Å²) in [5.74, 6) is 0. The largest absolute Gasteiger partial charge is 0.373 e. The number of hydrogen-bond donors (Lipinski definition) is 0. The smallest absolute Gasteiger partial charge is 0.269 e. The Kier molecular flexibility index (Phi) is 3.38. The van der Waals surface area contributed by atoms with Crippen molar-refractivity contribution >= 4 is 11.4 Å². The zero-order valence-corrected chi connectivity index (χ0v) is 11.9. The molecular weight excluding hydrogens is 254 g/mol. The molecule has 108 valence electrons. The molecule has 5 heteroatoms. The van der Waals surface area contributed by atoms with Crippen LogP contribution in [0.4, 0.5) is 11.4 Å². The van der Waals surface area contributed by atoms with Crippen LogP contribution in [0.1, 0.15) is 25.7 Å². The molecule has 2 heterocycles. The van der Waals surface area contributed by atoms with Crippen LogP contribution in [-0.2, 0) is 0 Å². The van der Waals surface area contributed by atoms with Crippen molar-refractivity contribution in [1.29, 1.82) is 0 Å². The molecule has 0 N–H and O–H groups in total. The molecule has 0 saturated carbocycles. The van der Waals surface area contributed by atoms with E-state index in [9.17, 15) is 10.1 Å². The van der Waals surface area contributed by atoms with Crippen LogP contribution in [0, 0.1) is 10.1 Å². The Hall–Kier alpha value is -1.62. The number of nitrogens with zero attached hydrogens (tertiary/aromatic N) is 3. The van der Waals surface area contributed by atoms with E-state index in [2.05, 4.69) is 16.8 Å². The average Bonchev–Trinajstić information content (AvgIpc) is 2.98. The molecule has 0 amide bonds. The minimum Gasteiger partial charge on any atom is -0.373 e. The molecule has 0 unspecified atom stereocenters. The van der Waals surface area contributed by atoms with Gasteiger partial charge in [-0.2, -0.15) is 0 Å². The highest BCUT2D eigenvalue weighted by molar-refractivity contribution is 5.50. The Labute approximate surface area is 119 Å². The number of likely N-dealkylation sites (N-methyl/N-ethyl adjacent to an activating group) is 1. The Morgan fingerprint density at radius 3 is 2.40 bits per heavy atom. The maximum Gasteiger partial charge on any atom is 0.269 e. The predicted octanol–water partition coefficient (Wildman–Crippen LogP) is 2.66. The molecule has 2 fully saturated rings. The zero-order valence-electron chi connectivity index (χ0n) is 11.9. The summed E-state index contributed by atoms with van der Waals surface area (Å²) in [7, 11) is 2.09. The summed E-state index contributed by atoms with van der Waals surface area (Å²) in [6.45, 7) is 3.48. The molecule has 2 saturated heterocycles. The minimum atomic E-state index is -0.349. The van der Waals surface area contributed by atoms with Gasteiger partial charge in [-0.05, 0) is 50.9 Å². The fourth-order valence-corrected chi connectivity index (χ4v) is 3.85. The van der Waals surface area contributed by atoms with E-state index < -0.39 is 0 Å². The van der Waals surface area contributed by atoms with Gasteiger partial charge in [-0.25, -0.2) is 0 Å². The number of anilines is 1. The molecule has 3 rings (SSSR count). The third kappa shape index (κ3) is 2.26. The monoisotopic (exact) mass is 275 g/mol. The van der Waals surface area contributed by atoms with E-state index in [1.807, 2.05) is 12.1 Å². The number of non-ortho nitro benzene ring substituents is 1. The zero-order chi connectivity index (χ0) is 14.2. The lowest BCUT2D eigenvalue weighted by molar-refractivity contribution is -0.384. The topological polar surface area (TPSA) is 49.6 Å². The lowest BCUT2D eigenvalue weighted by Gasteiger charge is -2.36. The second-order valence-corrected chi connectivity index (χ2v) is 6.05. The second-order valence-electron chi connectivity index (χ2n) is 6.05. The Morgan fingerprint density at radius 1 is 1.25 bits per heavy atom. The van der Waals surface area contributed by atoms with Crippen LogP contribution >= 0.6 is 0 Å². The van der Waals surface area contributed by atoms with Crippen LogP contribution in [0.3, 0.4) is 0 Å². The van der Waals surface area contributed by atoms with Gasteiger partial charge in [0.25, 0.3) is 5.69 Å². The number of nitro benzene ring substituents is 1. The standard InChI is InChI=1S/C15H21N3O2/c1-16(13-4-6-14(7-5-13)18(19)20)12-15-8-2-10-17(15)11-3-9-15/h4-7H,2-3,8-12H2,1H3. The highest BCUT2D eigenvalue weighted by Gasteiger charge is 2.44. The Balaban J connectivity index is 1.72. The summed E-state index contributed by atoms with van der Waals surface area (Å²) in [4.78, 5) is 15.2. The van der Waals surface area contributed by atoms with Gasteiger partial charge in [-0.1, -0.05) is 0 Å². The molecular formula is C15H21N3O2. The predicted molar refractivity (Wildman–Crippen MR) is 79.1 cm³/mol. The van der Waals surface area contributed by atoms with Crippen LogP contribution in [0.25, 0.3) is 0 Å². The summed E-state index contributed by atoms with van der Waals surface area (Å²) in [6, 6.07) is 6.88. The van der Waals surface area contributed by atoms with Crippen LogP contribution in [-0.4, -0.2) is 42.0 Å². The molecule has 0 radical (unpaired) electrons. The van der Waals surface area contributed by atoms with Gasteiger partial charge in [0.05, 0.1) is 4.92 Å². The van der Waals surface area contributed by atoms with E-state index in [4.69, 9.17) is 0 Å². The van der Waals surface area contributed by atoms with E-state index in [-0.39, 0.29) is 10.6 Å². The fourth-order valence-electron chi connectivity index (χ4n) is 3.85. The molecule has 0 aliphatic carbocycles. The van der Waals surface area contributed by atoms with E-state index in [1.165, 1.54) is 38.8 Å². The SMILES string of the molecule is CN(CC12CCCN1CCC2)c1ccc([N+](=O)[O-])cc1. The number of hydrogen-bond acceptors (Lipinski definition) is 4. The maximum atomic E-state index is 10.7. The molecule has 1 aromatic carbocycles. The maximum absolute atomic E-state index is 10.7. The van der Waals surface area contributed by atoms with Crippen molar-refractivity contribution in [2.75, 3.05) is 31.6 Å². The lowest BCUT2D eigenvalue weighted by atomic mass is 9.93. The van der Waals surface area contributed by atoms with Gasteiger partial charge in [-0.15, -0.1) is 0 Å². The molecule has 1 aromatic rings. The van der Waals surface area contributed by atoms with Crippen LogP contribution in [0.5, 0.6) is 0 Å². The normalized spacial score (nSPS) is 20.9. The number of benzene rings is 1. The molecule has 20 heavy (non-hydrogen) atoms. The van der Waals surface area contributed by atoms with Crippen molar-refractivity contribution in [3.8, 4) is 0 Å². The Morgan fingerprint density at radius 2 is 1.85 bits per heavy atom. The molecule has 2 aliphatic heterocycles. The van der Waals surface area contributed by atoms with Crippen molar-refractivity contribution in [3.63, 3.8) is 0 Å². The van der Waals surface area contributed by atoms with Crippen molar-refractivity contribution in [1.82, 2.24) is 4.90 Å². The molecule has 0 aromatic heterocycles. The first-order valence-electron chi connectivity index (χ1n) is 7.31. The second kappa shape index (κ2) is 5.05. The van der Waals surface area contributed by atoms with Crippen molar-refractivity contribution in [2.45, 2.75) is 31.2 Å². The first-order chi connectivity index (χ1) is 9.61. The average molecular weight is 275 g/mol. The van der Waals surface area contributed by atoms with Gasteiger partial charge in [0.2, 0.25) is 0 Å². The number of rotatable bonds is 4. The van der Waals surface area contributed by atoms with Crippen molar-refractivity contribution in [2.24, 2.45) is 0 Å². The summed E-state index contributed by atoms with van der Waals surface area (Å²) in [5, 5.41) is 10.7. The van der Waals surface area contributed by atoms with E-state index >= 15 is 0 Å². The highest BCUT2D eigenvalue weighted by Crippen LogP contribution is 2.39. The Bertz CT molecular complexity index is 490. The molecule has 0 bridgehead atoms. The summed E-state index contributed by atoms with van der Waals surface area (Å²) < 4.78 is 0. The van der Waals surface area contributed by atoms with Crippen LogP contribution in [0.2, 0.25) is 0 Å². The fraction of sp³-hybridized carbons (Fsp3) is 0.600. The summed E-state index contributed by atoms with van der Waals surface area (Å²) >= 11 is 0. The quantitative estimate of drug-likeness (QED) is 0.626. The van der Waals surface area contributed by atoms with E-state index in [0.29, 0.717) is 5.54 Å². The highest BCUT2D eigenvalue weighted by atomic mass is 16.6. The van der Waals surface area contributed by atoms with Gasteiger partial charge in [-0.3, -0.25) is 15.0 Å². The third-order valence-electron chi connectivity index (χ3n) is 4.84. The molecule has 5 nitrogen and oxygen atoms in total. The van der Waals surface area contributed by atoms with Crippen LogP contribution in [0.15, 0.2) is 24.3 Å². The molecule has 2 aliphatic rings. The lowest BCUT2D eigenvalue weighted by Crippen LogP contribution is -2.47. The van der Waals surface area contributed by atoms with E-state index in [1.54, 1.807) is 12.1 Å². The summed E-state index contributed by atoms with van der Waals surface area (Å²) in [5.41, 5.74) is 1.56. The first-order valence-corrected chi connectivity index (χ1v) is 7.31. The van der Waals surface area contributed by atoms with E-state index in [0.717, 1.165) is 12.2 Å². The van der Waals surface area contributed by atoms with Gasteiger partial charge in [0, 0.05) is 37.0 Å².